The molecule has 0 aliphatic carbocycles. The van der Waals surface area contributed by atoms with E-state index in [1.54, 1.807) is 0 Å². The fraction of sp³-hybridized carbons (Fsp3) is 0.714. The molecule has 0 aliphatic rings. The largest absolute Gasteiger partial charge is 0.468 e. The van der Waals surface area contributed by atoms with Crippen LogP contribution < -0.4 is 11.1 Å². The minimum atomic E-state index is -0.738. The highest BCUT2D eigenvalue weighted by atomic mass is 32.2. The van der Waals surface area contributed by atoms with Gasteiger partial charge in [-0.2, -0.15) is 0 Å². The fourth-order valence-electron chi connectivity index (χ4n) is 0.580. The number of carbonyl (C=O) groups excluding carboxylic acids is 2. The molecule has 0 radical (unpaired) electrons. The minimum absolute atomic E-state index is 0.179. The molecule has 0 aromatic heterocycles. The Bertz CT molecular complexity index is 187. The summed E-state index contributed by atoms with van der Waals surface area (Å²) < 4.78 is 4.40. The Labute approximate surface area is 81.4 Å². The Morgan fingerprint density at radius 2 is 2.23 bits per heavy atom. The standard InChI is InChI=1S/C7H14N2O3S/c1-3-9-7(11)13-4-5(8)6(10)12-2/h5H,3-4,8H2,1-2H3,(H,9,11)/t5-/m0/s1. The Morgan fingerprint density at radius 3 is 2.69 bits per heavy atom. The molecular weight excluding hydrogens is 192 g/mol. The van der Waals surface area contributed by atoms with E-state index in [9.17, 15) is 9.59 Å². The Balaban J connectivity index is 3.63. The SMILES string of the molecule is CCNC(=O)SC[C@H](N)C(=O)OC. The monoisotopic (exact) mass is 206 g/mol. The molecular formula is C7H14N2O3S. The highest BCUT2D eigenvalue weighted by Gasteiger charge is 2.15. The third-order valence-electron chi connectivity index (χ3n) is 1.22. The smallest absolute Gasteiger partial charge is 0.323 e. The minimum Gasteiger partial charge on any atom is -0.468 e. The fourth-order valence-corrected chi connectivity index (χ4v) is 1.29. The van der Waals surface area contributed by atoms with Gasteiger partial charge in [0.05, 0.1) is 7.11 Å². The molecule has 0 bridgehead atoms. The van der Waals surface area contributed by atoms with Gasteiger partial charge in [-0.15, -0.1) is 0 Å². The third kappa shape index (κ3) is 5.48. The second kappa shape index (κ2) is 6.73. The van der Waals surface area contributed by atoms with Crippen molar-refractivity contribution in [1.29, 1.82) is 0 Å². The van der Waals surface area contributed by atoms with Crippen LogP contribution in [0.2, 0.25) is 0 Å². The summed E-state index contributed by atoms with van der Waals surface area (Å²) >= 11 is 0.977. The molecule has 0 saturated carbocycles. The number of amides is 1. The van der Waals surface area contributed by atoms with Gasteiger partial charge in [0.25, 0.3) is 5.24 Å². The second-order valence-electron chi connectivity index (χ2n) is 2.26. The molecule has 0 unspecified atom stereocenters. The van der Waals surface area contributed by atoms with Crippen LogP contribution in [0.25, 0.3) is 0 Å². The van der Waals surface area contributed by atoms with E-state index in [1.807, 2.05) is 6.92 Å². The number of ether oxygens (including phenoxy) is 1. The predicted octanol–water partition coefficient (Wildman–Crippen LogP) is -0.0506. The van der Waals surface area contributed by atoms with Crippen LogP contribution in [0.4, 0.5) is 4.79 Å². The highest BCUT2D eigenvalue weighted by molar-refractivity contribution is 8.13. The van der Waals surface area contributed by atoms with E-state index < -0.39 is 12.0 Å². The van der Waals surface area contributed by atoms with Gasteiger partial charge in [0.1, 0.15) is 6.04 Å². The maximum atomic E-state index is 10.9. The van der Waals surface area contributed by atoms with Gasteiger partial charge in [0.15, 0.2) is 0 Å². The lowest BCUT2D eigenvalue weighted by molar-refractivity contribution is -0.141. The van der Waals surface area contributed by atoms with Gasteiger partial charge in [-0.3, -0.25) is 9.59 Å². The van der Waals surface area contributed by atoms with Gasteiger partial charge in [-0.1, -0.05) is 11.8 Å². The molecule has 6 heteroatoms. The summed E-state index contributed by atoms with van der Waals surface area (Å²) in [7, 11) is 1.26. The van der Waals surface area contributed by atoms with Crippen LogP contribution in [-0.4, -0.2) is 36.7 Å². The van der Waals surface area contributed by atoms with Crippen molar-refractivity contribution >= 4 is 23.0 Å². The van der Waals surface area contributed by atoms with Crippen LogP contribution >= 0.6 is 11.8 Å². The molecule has 5 nitrogen and oxygen atoms in total. The lowest BCUT2D eigenvalue weighted by Gasteiger charge is -2.07. The number of nitrogens with one attached hydrogen (secondary N) is 1. The molecule has 0 aliphatic heterocycles. The third-order valence-corrected chi connectivity index (χ3v) is 2.15. The molecule has 0 heterocycles. The first-order valence-corrected chi connectivity index (χ1v) is 4.84. The van der Waals surface area contributed by atoms with Crippen LogP contribution in [0.1, 0.15) is 6.92 Å². The van der Waals surface area contributed by atoms with E-state index >= 15 is 0 Å². The number of carbonyl (C=O) groups is 2. The van der Waals surface area contributed by atoms with Crippen molar-refractivity contribution in [2.75, 3.05) is 19.4 Å². The van der Waals surface area contributed by atoms with Crippen molar-refractivity contribution in [2.45, 2.75) is 13.0 Å². The van der Waals surface area contributed by atoms with Gasteiger partial charge in [-0.25, -0.2) is 0 Å². The van der Waals surface area contributed by atoms with Crippen LogP contribution in [-0.2, 0) is 9.53 Å². The second-order valence-corrected chi connectivity index (χ2v) is 3.25. The topological polar surface area (TPSA) is 81.4 Å². The maximum absolute atomic E-state index is 10.9. The average Bonchev–Trinajstić information content (AvgIpc) is 2.13. The first-order chi connectivity index (χ1) is 6.11. The molecule has 1 atom stereocenters. The maximum Gasteiger partial charge on any atom is 0.323 e. The van der Waals surface area contributed by atoms with Gasteiger partial charge in [-0.05, 0) is 6.92 Å². The van der Waals surface area contributed by atoms with Crippen molar-refractivity contribution in [3.63, 3.8) is 0 Å². The van der Waals surface area contributed by atoms with E-state index in [1.165, 1.54) is 7.11 Å². The molecule has 0 saturated heterocycles. The molecule has 76 valence electrons. The molecule has 0 rings (SSSR count). The van der Waals surface area contributed by atoms with E-state index in [-0.39, 0.29) is 11.0 Å². The average molecular weight is 206 g/mol. The van der Waals surface area contributed by atoms with Gasteiger partial charge in [0, 0.05) is 12.3 Å². The first kappa shape index (κ1) is 12.2. The van der Waals surface area contributed by atoms with Crippen LogP contribution in [0.5, 0.6) is 0 Å². The van der Waals surface area contributed by atoms with Crippen LogP contribution in [0.15, 0.2) is 0 Å². The summed E-state index contributed by atoms with van der Waals surface area (Å²) in [6, 6.07) is -0.738. The highest BCUT2D eigenvalue weighted by Crippen LogP contribution is 2.03. The van der Waals surface area contributed by atoms with E-state index in [4.69, 9.17) is 5.73 Å². The van der Waals surface area contributed by atoms with Crippen molar-refractivity contribution in [3.8, 4) is 0 Å². The summed E-state index contributed by atoms with van der Waals surface area (Å²) in [6.07, 6.45) is 0. The molecule has 1 amide bonds. The molecule has 0 spiro atoms. The number of thioether (sulfide) groups is 1. The zero-order chi connectivity index (χ0) is 10.3. The summed E-state index contributed by atoms with van der Waals surface area (Å²) in [5, 5.41) is 2.40. The quantitative estimate of drug-likeness (QED) is 0.630. The zero-order valence-electron chi connectivity index (χ0n) is 7.70. The molecule has 0 fully saturated rings. The number of methoxy groups -OCH3 is 1. The zero-order valence-corrected chi connectivity index (χ0v) is 8.52. The lowest BCUT2D eigenvalue weighted by Crippen LogP contribution is -2.35. The molecule has 0 aromatic carbocycles. The van der Waals surface area contributed by atoms with Crippen molar-refractivity contribution in [2.24, 2.45) is 5.73 Å². The van der Waals surface area contributed by atoms with Gasteiger partial charge in [0.2, 0.25) is 0 Å². The number of hydrogen-bond acceptors (Lipinski definition) is 5. The van der Waals surface area contributed by atoms with Crippen molar-refractivity contribution < 1.29 is 14.3 Å². The number of hydrogen-bond donors (Lipinski definition) is 2. The Hall–Kier alpha value is -0.750. The van der Waals surface area contributed by atoms with Gasteiger partial charge >= 0.3 is 5.97 Å². The first-order valence-electron chi connectivity index (χ1n) is 3.85. The van der Waals surface area contributed by atoms with Gasteiger partial charge < -0.3 is 15.8 Å². The summed E-state index contributed by atoms with van der Waals surface area (Å²) in [4.78, 5) is 21.7. The normalized spacial score (nSPS) is 11.9. The van der Waals surface area contributed by atoms with E-state index in [2.05, 4.69) is 10.1 Å². The Morgan fingerprint density at radius 1 is 1.62 bits per heavy atom. The van der Waals surface area contributed by atoms with Crippen molar-refractivity contribution in [1.82, 2.24) is 5.32 Å². The van der Waals surface area contributed by atoms with E-state index in [0.29, 0.717) is 6.54 Å². The molecule has 3 N–H and O–H groups in total. The number of esters is 1. The Kier molecular flexibility index (Phi) is 6.34. The van der Waals surface area contributed by atoms with E-state index in [0.717, 1.165) is 11.8 Å². The molecule has 13 heavy (non-hydrogen) atoms. The summed E-state index contributed by atoms with van der Waals surface area (Å²) in [5.74, 6) is -0.268. The van der Waals surface area contributed by atoms with Crippen LogP contribution in [0, 0.1) is 0 Å². The molecule has 0 aromatic rings. The lowest BCUT2D eigenvalue weighted by atomic mass is 10.4. The number of rotatable bonds is 4. The predicted molar refractivity (Wildman–Crippen MR) is 51.5 cm³/mol. The summed E-state index contributed by atoms with van der Waals surface area (Å²) in [6.45, 7) is 2.39. The summed E-state index contributed by atoms with van der Waals surface area (Å²) in [5.41, 5.74) is 5.40. The number of nitrogens with two attached hydrogens (primary N) is 1. The van der Waals surface area contributed by atoms with Crippen molar-refractivity contribution in [3.05, 3.63) is 0 Å². The van der Waals surface area contributed by atoms with Crippen LogP contribution in [0.3, 0.4) is 0 Å².